The summed E-state index contributed by atoms with van der Waals surface area (Å²) in [5.41, 5.74) is 5.97. The number of hydrogen-bond acceptors (Lipinski definition) is 6. The van der Waals surface area contributed by atoms with E-state index in [1.54, 1.807) is 4.57 Å². The minimum atomic E-state index is -0.201. The van der Waals surface area contributed by atoms with Crippen LogP contribution in [-0.2, 0) is 17.6 Å². The summed E-state index contributed by atoms with van der Waals surface area (Å²) in [5, 5.41) is 3.38. The number of nitrogens with one attached hydrogen (secondary N) is 1. The lowest BCUT2D eigenvalue weighted by Gasteiger charge is -2.15. The number of aromatic nitrogens is 3. The molecule has 0 aliphatic heterocycles. The molecule has 198 valence electrons. The van der Waals surface area contributed by atoms with E-state index in [-0.39, 0.29) is 17.2 Å². The molecule has 0 aliphatic carbocycles. The number of anilines is 1. The van der Waals surface area contributed by atoms with Crippen molar-refractivity contribution >= 4 is 57.3 Å². The van der Waals surface area contributed by atoms with E-state index in [1.165, 1.54) is 34.2 Å². The van der Waals surface area contributed by atoms with Crippen molar-refractivity contribution in [3.8, 4) is 11.4 Å². The van der Waals surface area contributed by atoms with Gasteiger partial charge in [-0.15, -0.1) is 0 Å². The molecule has 9 heteroatoms. The number of rotatable bonds is 8. The van der Waals surface area contributed by atoms with E-state index in [9.17, 15) is 9.59 Å². The number of thiazole rings is 1. The molecule has 0 saturated carbocycles. The smallest absolute Gasteiger partial charge is 0.278 e. The zero-order valence-electron chi connectivity index (χ0n) is 21.9. The molecule has 3 aromatic carbocycles. The van der Waals surface area contributed by atoms with Gasteiger partial charge in [0.15, 0.2) is 14.8 Å². The molecule has 0 atom stereocenters. The molecule has 1 amide bonds. The molecule has 0 saturated heterocycles. The monoisotopic (exact) mass is 572 g/mol. The summed E-state index contributed by atoms with van der Waals surface area (Å²) in [5.74, 6) is -0.0812. The zero-order chi connectivity index (χ0) is 27.5. The van der Waals surface area contributed by atoms with Crippen molar-refractivity contribution in [3.05, 3.63) is 104 Å². The van der Waals surface area contributed by atoms with Gasteiger partial charge in [0.25, 0.3) is 5.56 Å². The lowest BCUT2D eigenvalue weighted by Crippen LogP contribution is -2.23. The zero-order valence-corrected chi connectivity index (χ0v) is 24.4. The lowest BCUT2D eigenvalue weighted by atomic mass is 10.1. The van der Waals surface area contributed by atoms with Gasteiger partial charge in [0.2, 0.25) is 5.91 Å². The topological polar surface area (TPSA) is 68.9 Å². The van der Waals surface area contributed by atoms with Crippen molar-refractivity contribution in [2.75, 3.05) is 11.1 Å². The second-order valence-corrected chi connectivity index (χ2v) is 11.7. The molecule has 1 N–H and O–H groups in total. The SMILES string of the molecule is CCc1ccc(NC(=O)CSc2nc3c(sc(=S)n3-c3ccc(CC)cc3)c(=O)n2-c2ccccc2C)cc1. The minimum Gasteiger partial charge on any atom is -0.325 e. The summed E-state index contributed by atoms with van der Waals surface area (Å²) in [6.45, 7) is 6.15. The molecule has 0 aliphatic rings. The van der Waals surface area contributed by atoms with Crippen LogP contribution in [0.3, 0.4) is 0 Å². The summed E-state index contributed by atoms with van der Waals surface area (Å²) in [7, 11) is 0. The van der Waals surface area contributed by atoms with Gasteiger partial charge in [-0.1, -0.05) is 79.4 Å². The van der Waals surface area contributed by atoms with Crippen LogP contribution in [0.5, 0.6) is 0 Å². The molecule has 2 aromatic heterocycles. The second kappa shape index (κ2) is 11.7. The van der Waals surface area contributed by atoms with E-state index in [2.05, 4.69) is 31.3 Å². The average molecular weight is 573 g/mol. The molecule has 5 aromatic rings. The highest BCUT2D eigenvalue weighted by atomic mass is 32.2. The van der Waals surface area contributed by atoms with Gasteiger partial charge in [0.1, 0.15) is 4.70 Å². The third-order valence-corrected chi connectivity index (χ3v) is 8.80. The second-order valence-electron chi connectivity index (χ2n) is 9.08. The van der Waals surface area contributed by atoms with Crippen molar-refractivity contribution in [1.82, 2.24) is 14.1 Å². The van der Waals surface area contributed by atoms with Crippen LogP contribution in [0, 0.1) is 10.9 Å². The first-order chi connectivity index (χ1) is 18.9. The highest BCUT2D eigenvalue weighted by Crippen LogP contribution is 2.28. The Kier molecular flexibility index (Phi) is 8.11. The Hall–Kier alpha value is -3.53. The van der Waals surface area contributed by atoms with Crippen molar-refractivity contribution in [1.29, 1.82) is 0 Å². The Labute approximate surface area is 240 Å². The highest BCUT2D eigenvalue weighted by Gasteiger charge is 2.20. The van der Waals surface area contributed by atoms with E-state index in [0.717, 1.165) is 35.5 Å². The maximum Gasteiger partial charge on any atom is 0.278 e. The van der Waals surface area contributed by atoms with E-state index in [4.69, 9.17) is 17.2 Å². The quantitative estimate of drug-likeness (QED) is 0.122. The Morgan fingerprint density at radius 2 is 1.59 bits per heavy atom. The van der Waals surface area contributed by atoms with E-state index >= 15 is 0 Å². The molecule has 0 fully saturated rings. The minimum absolute atomic E-state index is 0.0927. The number of carbonyl (C=O) groups is 1. The first-order valence-corrected chi connectivity index (χ1v) is 15.0. The summed E-state index contributed by atoms with van der Waals surface area (Å²) in [6.07, 6.45) is 1.87. The van der Waals surface area contributed by atoms with E-state index in [1.807, 2.05) is 72.2 Å². The third kappa shape index (κ3) is 5.61. The molecule has 5 rings (SSSR count). The van der Waals surface area contributed by atoms with E-state index < -0.39 is 0 Å². The van der Waals surface area contributed by atoms with Crippen LogP contribution in [-0.4, -0.2) is 25.8 Å². The lowest BCUT2D eigenvalue weighted by molar-refractivity contribution is -0.113. The van der Waals surface area contributed by atoms with Crippen molar-refractivity contribution in [3.63, 3.8) is 0 Å². The van der Waals surface area contributed by atoms with Crippen LogP contribution in [0.25, 0.3) is 21.7 Å². The van der Waals surface area contributed by atoms with Gasteiger partial charge >= 0.3 is 0 Å². The summed E-state index contributed by atoms with van der Waals surface area (Å²) >= 11 is 8.19. The number of amides is 1. The van der Waals surface area contributed by atoms with Gasteiger partial charge in [-0.05, 0) is 79.0 Å². The first kappa shape index (κ1) is 27.1. The van der Waals surface area contributed by atoms with Gasteiger partial charge in [0.05, 0.1) is 11.4 Å². The Morgan fingerprint density at radius 3 is 2.23 bits per heavy atom. The number of thioether (sulfide) groups is 1. The number of fused-ring (bicyclic) bond motifs is 1. The first-order valence-electron chi connectivity index (χ1n) is 12.7. The number of nitrogens with zero attached hydrogens (tertiary/aromatic N) is 3. The maximum atomic E-state index is 14.0. The van der Waals surface area contributed by atoms with Crippen LogP contribution in [0.2, 0.25) is 0 Å². The van der Waals surface area contributed by atoms with Crippen molar-refractivity contribution in [2.24, 2.45) is 0 Å². The van der Waals surface area contributed by atoms with Crippen LogP contribution in [0.4, 0.5) is 5.69 Å². The predicted octanol–water partition coefficient (Wildman–Crippen LogP) is 7.13. The molecule has 6 nitrogen and oxygen atoms in total. The molecule has 2 heterocycles. The van der Waals surface area contributed by atoms with E-state index in [0.29, 0.717) is 19.5 Å². The Bertz CT molecular complexity index is 1770. The van der Waals surface area contributed by atoms with Crippen molar-refractivity contribution in [2.45, 2.75) is 38.8 Å². The Balaban J connectivity index is 1.57. The molecule has 0 spiro atoms. The molecular formula is C30H28N4O2S3. The fourth-order valence-electron chi connectivity index (χ4n) is 4.32. The Morgan fingerprint density at radius 1 is 0.949 bits per heavy atom. The number of carbonyl (C=O) groups excluding carboxylic acids is 1. The van der Waals surface area contributed by atoms with Gasteiger partial charge in [-0.2, -0.15) is 0 Å². The maximum absolute atomic E-state index is 14.0. The van der Waals surface area contributed by atoms with Crippen LogP contribution >= 0.6 is 35.3 Å². The highest BCUT2D eigenvalue weighted by molar-refractivity contribution is 7.99. The summed E-state index contributed by atoms with van der Waals surface area (Å²) < 4.78 is 4.47. The predicted molar refractivity (Wildman–Crippen MR) is 165 cm³/mol. The summed E-state index contributed by atoms with van der Waals surface area (Å²) in [6, 6.07) is 23.6. The largest absolute Gasteiger partial charge is 0.325 e. The number of aryl methyl sites for hydroxylation is 3. The van der Waals surface area contributed by atoms with Crippen LogP contribution < -0.4 is 10.9 Å². The molecule has 0 unspecified atom stereocenters. The van der Waals surface area contributed by atoms with Crippen LogP contribution in [0.1, 0.15) is 30.5 Å². The fraction of sp³-hybridized carbons (Fsp3) is 0.200. The van der Waals surface area contributed by atoms with Crippen LogP contribution in [0.15, 0.2) is 82.7 Å². The third-order valence-electron chi connectivity index (χ3n) is 6.51. The molecule has 0 radical (unpaired) electrons. The fourth-order valence-corrected chi connectivity index (χ4v) is 6.42. The van der Waals surface area contributed by atoms with Gasteiger partial charge in [-0.25, -0.2) is 4.98 Å². The summed E-state index contributed by atoms with van der Waals surface area (Å²) in [4.78, 5) is 31.8. The average Bonchev–Trinajstić information content (AvgIpc) is 3.29. The number of hydrogen-bond donors (Lipinski definition) is 1. The standard InChI is InChI=1S/C30H28N4O2S3/c1-4-20-10-14-22(15-11-20)31-25(35)18-38-29-32-27-26(28(36)34(29)24-9-7-6-8-19(24)3)39-30(37)33(27)23-16-12-21(5-2)13-17-23/h6-17H,4-5,18H2,1-3H3,(H,31,35). The van der Waals surface area contributed by atoms with Crippen molar-refractivity contribution < 1.29 is 4.79 Å². The van der Waals surface area contributed by atoms with Gasteiger partial charge < -0.3 is 5.32 Å². The number of benzene rings is 3. The molecular weight excluding hydrogens is 545 g/mol. The van der Waals surface area contributed by atoms with Gasteiger partial charge in [0, 0.05) is 11.4 Å². The number of para-hydroxylation sites is 1. The molecule has 39 heavy (non-hydrogen) atoms. The molecule has 0 bridgehead atoms. The normalized spacial score (nSPS) is 11.2. The van der Waals surface area contributed by atoms with Gasteiger partial charge in [-0.3, -0.25) is 18.7 Å².